The Kier molecular flexibility index (Phi) is 3.55. The second kappa shape index (κ2) is 4.82. The molecule has 0 aliphatic heterocycles. The Morgan fingerprint density at radius 3 is 2.33 bits per heavy atom. The first-order valence-corrected chi connectivity index (χ1v) is 6.53. The van der Waals surface area contributed by atoms with Gasteiger partial charge in [-0.3, -0.25) is 5.10 Å². The maximum Gasteiger partial charge on any atom is 0.150 e. The molecule has 2 rings (SSSR count). The molecular formula is C14H15ClN2S. The molecule has 0 saturated carbocycles. The van der Waals surface area contributed by atoms with Gasteiger partial charge in [0, 0.05) is 5.56 Å². The summed E-state index contributed by atoms with van der Waals surface area (Å²) in [4.78, 5) is 0. The minimum absolute atomic E-state index is 0.150. The number of nitrogens with one attached hydrogen (secondary N) is 1. The second-order valence-electron chi connectivity index (χ2n) is 5.26. The van der Waals surface area contributed by atoms with E-state index in [2.05, 4.69) is 55.2 Å². The van der Waals surface area contributed by atoms with Crippen molar-refractivity contribution >= 4 is 23.8 Å². The van der Waals surface area contributed by atoms with Crippen molar-refractivity contribution in [2.24, 2.45) is 0 Å². The Hall–Kier alpha value is -1.19. The molecule has 0 aliphatic carbocycles. The highest BCUT2D eigenvalue weighted by molar-refractivity contribution is 7.71. The third-order valence-electron chi connectivity index (χ3n) is 2.83. The number of rotatable bonds is 1. The lowest BCUT2D eigenvalue weighted by Crippen LogP contribution is -2.10. The Morgan fingerprint density at radius 2 is 1.78 bits per heavy atom. The number of nitrogens with zero attached hydrogens (tertiary/aromatic N) is 1. The summed E-state index contributed by atoms with van der Waals surface area (Å²) < 4.78 is 0.600. The molecule has 0 unspecified atom stereocenters. The Balaban J connectivity index is 2.47. The van der Waals surface area contributed by atoms with Crippen LogP contribution in [0.4, 0.5) is 0 Å². The molecule has 4 heteroatoms. The Bertz CT molecular complexity index is 609. The molecule has 1 heterocycles. The van der Waals surface area contributed by atoms with E-state index in [1.54, 1.807) is 6.07 Å². The molecule has 0 saturated heterocycles. The second-order valence-corrected chi connectivity index (χ2v) is 6.06. The van der Waals surface area contributed by atoms with Gasteiger partial charge in [-0.25, -0.2) is 0 Å². The topological polar surface area (TPSA) is 28.7 Å². The van der Waals surface area contributed by atoms with E-state index in [1.807, 2.05) is 0 Å². The fourth-order valence-electron chi connectivity index (χ4n) is 1.75. The molecule has 0 spiro atoms. The van der Waals surface area contributed by atoms with Crippen molar-refractivity contribution in [1.29, 1.82) is 0 Å². The number of hydrogen-bond donors (Lipinski definition) is 1. The quantitative estimate of drug-likeness (QED) is 0.762. The van der Waals surface area contributed by atoms with Crippen molar-refractivity contribution in [2.75, 3.05) is 0 Å². The fraction of sp³-hybridized carbons (Fsp3) is 0.286. The van der Waals surface area contributed by atoms with E-state index in [0.29, 0.717) is 9.79 Å². The Morgan fingerprint density at radius 1 is 1.17 bits per heavy atom. The van der Waals surface area contributed by atoms with Gasteiger partial charge < -0.3 is 0 Å². The number of aromatic nitrogens is 2. The summed E-state index contributed by atoms with van der Waals surface area (Å²) in [7, 11) is 0. The lowest BCUT2D eigenvalue weighted by atomic mass is 9.86. The van der Waals surface area contributed by atoms with Gasteiger partial charge in [-0.05, 0) is 22.6 Å². The molecule has 0 fully saturated rings. The largest absolute Gasteiger partial charge is 0.266 e. The van der Waals surface area contributed by atoms with Gasteiger partial charge in [-0.1, -0.05) is 68.9 Å². The maximum atomic E-state index is 5.88. The predicted molar refractivity (Wildman–Crippen MR) is 78.6 cm³/mol. The van der Waals surface area contributed by atoms with Crippen molar-refractivity contribution in [3.05, 3.63) is 45.7 Å². The molecule has 1 N–H and O–H groups in total. The van der Waals surface area contributed by atoms with Crippen molar-refractivity contribution in [1.82, 2.24) is 10.2 Å². The van der Waals surface area contributed by atoms with E-state index in [9.17, 15) is 0 Å². The zero-order valence-electron chi connectivity index (χ0n) is 10.6. The third-order valence-corrected chi connectivity index (χ3v) is 3.34. The minimum atomic E-state index is 0.150. The van der Waals surface area contributed by atoms with Crippen LogP contribution in [-0.4, -0.2) is 10.2 Å². The van der Waals surface area contributed by atoms with Crippen LogP contribution < -0.4 is 0 Å². The van der Waals surface area contributed by atoms with Crippen molar-refractivity contribution < 1.29 is 0 Å². The van der Waals surface area contributed by atoms with Gasteiger partial charge in [-0.15, -0.1) is 0 Å². The molecule has 0 bridgehead atoms. The SMILES string of the molecule is CC(C)(C)c1ccc(-c2cc(Cl)n[nH]c2=S)cc1. The lowest BCUT2D eigenvalue weighted by Gasteiger charge is -2.19. The first-order chi connectivity index (χ1) is 8.38. The van der Waals surface area contributed by atoms with Crippen LogP contribution in [0.5, 0.6) is 0 Å². The molecule has 18 heavy (non-hydrogen) atoms. The van der Waals surface area contributed by atoms with E-state index >= 15 is 0 Å². The first-order valence-electron chi connectivity index (χ1n) is 5.74. The molecule has 1 aromatic carbocycles. The summed E-state index contributed by atoms with van der Waals surface area (Å²) in [6.07, 6.45) is 0. The van der Waals surface area contributed by atoms with Crippen LogP contribution in [0, 0.1) is 4.64 Å². The van der Waals surface area contributed by atoms with Gasteiger partial charge >= 0.3 is 0 Å². The fourth-order valence-corrected chi connectivity index (χ4v) is 2.12. The molecule has 94 valence electrons. The Labute approximate surface area is 117 Å². The minimum Gasteiger partial charge on any atom is -0.266 e. The van der Waals surface area contributed by atoms with Gasteiger partial charge in [0.05, 0.1) is 0 Å². The van der Waals surface area contributed by atoms with Gasteiger partial charge in [0.15, 0.2) is 0 Å². The van der Waals surface area contributed by atoms with Gasteiger partial charge in [0.2, 0.25) is 0 Å². The molecule has 2 nitrogen and oxygen atoms in total. The summed E-state index contributed by atoms with van der Waals surface area (Å²) in [5.74, 6) is 0. The van der Waals surface area contributed by atoms with Crippen LogP contribution in [0.25, 0.3) is 11.1 Å². The monoisotopic (exact) mass is 278 g/mol. The number of H-pyrrole nitrogens is 1. The van der Waals surface area contributed by atoms with E-state index in [-0.39, 0.29) is 5.41 Å². The van der Waals surface area contributed by atoms with Crippen LogP contribution in [0.3, 0.4) is 0 Å². The molecule has 2 aromatic rings. The number of hydrogen-bond acceptors (Lipinski definition) is 2. The van der Waals surface area contributed by atoms with Crippen LogP contribution in [-0.2, 0) is 5.41 Å². The predicted octanol–water partition coefficient (Wildman–Crippen LogP) is 4.76. The molecule has 0 radical (unpaired) electrons. The standard InChI is InChI=1S/C14H15ClN2S/c1-14(2,3)10-6-4-9(5-7-10)11-8-12(15)16-17-13(11)18/h4-8H,1-3H3,(H,17,18). The molecule has 1 aromatic heterocycles. The zero-order chi connectivity index (χ0) is 13.3. The third kappa shape index (κ3) is 2.79. The summed E-state index contributed by atoms with van der Waals surface area (Å²) in [5.41, 5.74) is 3.40. The van der Waals surface area contributed by atoms with Crippen LogP contribution in [0.1, 0.15) is 26.3 Å². The van der Waals surface area contributed by atoms with Crippen LogP contribution in [0.15, 0.2) is 30.3 Å². The number of benzene rings is 1. The highest BCUT2D eigenvalue weighted by Crippen LogP contribution is 2.27. The molecule has 0 atom stereocenters. The maximum absolute atomic E-state index is 5.88. The summed E-state index contributed by atoms with van der Waals surface area (Å²) in [6.45, 7) is 6.58. The van der Waals surface area contributed by atoms with Crippen LogP contribution >= 0.6 is 23.8 Å². The highest BCUT2D eigenvalue weighted by atomic mass is 35.5. The molecular weight excluding hydrogens is 264 g/mol. The zero-order valence-corrected chi connectivity index (χ0v) is 12.2. The van der Waals surface area contributed by atoms with E-state index < -0.39 is 0 Å². The van der Waals surface area contributed by atoms with E-state index in [4.69, 9.17) is 23.8 Å². The highest BCUT2D eigenvalue weighted by Gasteiger charge is 2.13. The van der Waals surface area contributed by atoms with E-state index in [1.165, 1.54) is 5.56 Å². The average molecular weight is 279 g/mol. The normalized spacial score (nSPS) is 11.6. The first kappa shape index (κ1) is 13.2. The summed E-state index contributed by atoms with van der Waals surface area (Å²) in [5, 5.41) is 7.02. The van der Waals surface area contributed by atoms with Crippen molar-refractivity contribution in [3.63, 3.8) is 0 Å². The van der Waals surface area contributed by atoms with Gasteiger partial charge in [-0.2, -0.15) is 5.10 Å². The summed E-state index contributed by atoms with van der Waals surface area (Å²) >= 11 is 11.1. The lowest BCUT2D eigenvalue weighted by molar-refractivity contribution is 0.590. The molecule has 0 amide bonds. The van der Waals surface area contributed by atoms with Gasteiger partial charge in [0.25, 0.3) is 0 Å². The average Bonchev–Trinajstić information content (AvgIpc) is 2.31. The van der Waals surface area contributed by atoms with Crippen LogP contribution in [0.2, 0.25) is 5.15 Å². The smallest absolute Gasteiger partial charge is 0.150 e. The molecule has 0 aliphatic rings. The summed E-state index contributed by atoms with van der Waals surface area (Å²) in [6, 6.07) is 10.2. The van der Waals surface area contributed by atoms with Gasteiger partial charge in [0.1, 0.15) is 9.79 Å². The van der Waals surface area contributed by atoms with Crippen molar-refractivity contribution in [2.45, 2.75) is 26.2 Å². The number of aromatic amines is 1. The van der Waals surface area contributed by atoms with E-state index in [0.717, 1.165) is 11.1 Å². The van der Waals surface area contributed by atoms with Crippen molar-refractivity contribution in [3.8, 4) is 11.1 Å². The number of halogens is 1.